The van der Waals surface area contributed by atoms with E-state index in [9.17, 15) is 18.0 Å². The van der Waals surface area contributed by atoms with Gasteiger partial charge in [-0.1, -0.05) is 24.3 Å². The van der Waals surface area contributed by atoms with E-state index < -0.39 is 18.8 Å². The van der Waals surface area contributed by atoms with Gasteiger partial charge in [0.25, 0.3) is 0 Å². The molecule has 0 spiro atoms. The first-order chi connectivity index (χ1) is 10.3. The number of alkyl halides is 3. The zero-order valence-electron chi connectivity index (χ0n) is 12.4. The highest BCUT2D eigenvalue weighted by Crippen LogP contribution is 2.19. The van der Waals surface area contributed by atoms with Gasteiger partial charge in [0.15, 0.2) is 0 Å². The maximum atomic E-state index is 12.0. The Balaban J connectivity index is 1.76. The first kappa shape index (κ1) is 16.6. The van der Waals surface area contributed by atoms with Gasteiger partial charge in [0, 0.05) is 25.7 Å². The van der Waals surface area contributed by atoms with Crippen molar-refractivity contribution in [3.63, 3.8) is 0 Å². The largest absolute Gasteiger partial charge is 0.405 e. The van der Waals surface area contributed by atoms with Crippen LogP contribution in [0.3, 0.4) is 0 Å². The summed E-state index contributed by atoms with van der Waals surface area (Å²) >= 11 is 0. The fourth-order valence-corrected chi connectivity index (χ4v) is 2.51. The van der Waals surface area contributed by atoms with Gasteiger partial charge in [0.2, 0.25) is 0 Å². The van der Waals surface area contributed by atoms with Crippen LogP contribution >= 0.6 is 0 Å². The lowest BCUT2D eigenvalue weighted by molar-refractivity contribution is -0.122. The van der Waals surface area contributed by atoms with Gasteiger partial charge < -0.3 is 10.6 Å². The molecule has 1 aromatic rings. The second-order valence-electron chi connectivity index (χ2n) is 5.52. The maximum absolute atomic E-state index is 12.0. The van der Waals surface area contributed by atoms with Crippen LogP contribution in [0.4, 0.5) is 18.0 Å². The van der Waals surface area contributed by atoms with E-state index in [0.717, 1.165) is 19.5 Å². The molecule has 1 aliphatic heterocycles. The lowest BCUT2D eigenvalue weighted by atomic mass is 9.99. The highest BCUT2D eigenvalue weighted by atomic mass is 19.4. The zero-order chi connectivity index (χ0) is 16.2. The molecule has 122 valence electrons. The molecule has 22 heavy (non-hydrogen) atoms. The van der Waals surface area contributed by atoms with E-state index in [-0.39, 0.29) is 6.04 Å². The number of nitrogens with one attached hydrogen (secondary N) is 2. The molecule has 1 aliphatic rings. The van der Waals surface area contributed by atoms with Gasteiger partial charge in [-0.05, 0) is 24.5 Å². The zero-order valence-corrected chi connectivity index (χ0v) is 12.4. The molecule has 0 fully saturated rings. The Morgan fingerprint density at radius 1 is 1.27 bits per heavy atom. The quantitative estimate of drug-likeness (QED) is 0.895. The van der Waals surface area contributed by atoms with Gasteiger partial charge in [-0.2, -0.15) is 13.2 Å². The Morgan fingerprint density at radius 2 is 1.95 bits per heavy atom. The van der Waals surface area contributed by atoms with Crippen LogP contribution in [0.25, 0.3) is 0 Å². The van der Waals surface area contributed by atoms with Crippen molar-refractivity contribution in [1.82, 2.24) is 15.5 Å². The number of carbonyl (C=O) groups excluding carboxylic acids is 1. The number of fused-ring (bicyclic) bond motifs is 1. The summed E-state index contributed by atoms with van der Waals surface area (Å²) in [4.78, 5) is 13.5. The SMILES string of the molecule is C[C@H](CNC(=O)NCC(F)(F)F)N1CCc2ccccc2C1. The van der Waals surface area contributed by atoms with E-state index in [1.54, 1.807) is 5.32 Å². The summed E-state index contributed by atoms with van der Waals surface area (Å²) in [7, 11) is 0. The number of rotatable bonds is 4. The minimum Gasteiger partial charge on any atom is -0.337 e. The van der Waals surface area contributed by atoms with E-state index in [2.05, 4.69) is 22.3 Å². The summed E-state index contributed by atoms with van der Waals surface area (Å²) in [6.07, 6.45) is -3.44. The lowest BCUT2D eigenvalue weighted by Gasteiger charge is -2.33. The second-order valence-corrected chi connectivity index (χ2v) is 5.52. The maximum Gasteiger partial charge on any atom is 0.405 e. The molecule has 7 heteroatoms. The van der Waals surface area contributed by atoms with Gasteiger partial charge in [0.05, 0.1) is 0 Å². The standard InChI is InChI=1S/C15H20F3N3O/c1-11(8-19-14(22)20-10-15(16,17)18)21-7-6-12-4-2-3-5-13(12)9-21/h2-5,11H,6-10H2,1H3,(H2,19,20,22)/t11-/m1/s1. The van der Waals surface area contributed by atoms with Gasteiger partial charge in [0.1, 0.15) is 6.54 Å². The van der Waals surface area contributed by atoms with Crippen LogP contribution in [0.5, 0.6) is 0 Å². The van der Waals surface area contributed by atoms with Crippen LogP contribution < -0.4 is 10.6 Å². The molecule has 4 nitrogen and oxygen atoms in total. The summed E-state index contributed by atoms with van der Waals surface area (Å²) < 4.78 is 36.0. The summed E-state index contributed by atoms with van der Waals surface area (Å²) in [6, 6.07) is 7.48. The number of nitrogens with zero attached hydrogens (tertiary/aromatic N) is 1. The Kier molecular flexibility index (Phi) is 5.28. The Bertz CT molecular complexity index is 519. The fraction of sp³-hybridized carbons (Fsp3) is 0.533. The average Bonchev–Trinajstić information content (AvgIpc) is 2.49. The van der Waals surface area contributed by atoms with Crippen molar-refractivity contribution in [3.05, 3.63) is 35.4 Å². The van der Waals surface area contributed by atoms with Gasteiger partial charge in [-0.25, -0.2) is 4.79 Å². The van der Waals surface area contributed by atoms with Crippen molar-refractivity contribution in [1.29, 1.82) is 0 Å². The monoisotopic (exact) mass is 315 g/mol. The molecular formula is C15H20F3N3O. The van der Waals surface area contributed by atoms with Crippen molar-refractivity contribution in [2.24, 2.45) is 0 Å². The number of hydrogen-bond donors (Lipinski definition) is 2. The van der Waals surface area contributed by atoms with Crippen LogP contribution in [-0.2, 0) is 13.0 Å². The van der Waals surface area contributed by atoms with Crippen molar-refractivity contribution in [2.75, 3.05) is 19.6 Å². The summed E-state index contributed by atoms with van der Waals surface area (Å²) in [6.45, 7) is 2.63. The summed E-state index contributed by atoms with van der Waals surface area (Å²) in [5.41, 5.74) is 2.60. The van der Waals surface area contributed by atoms with Crippen molar-refractivity contribution in [3.8, 4) is 0 Å². The third-order valence-corrected chi connectivity index (χ3v) is 3.79. The van der Waals surface area contributed by atoms with E-state index in [1.807, 2.05) is 19.1 Å². The lowest BCUT2D eigenvalue weighted by Crippen LogP contribution is -2.47. The number of amides is 2. The second kappa shape index (κ2) is 7.00. The third-order valence-electron chi connectivity index (χ3n) is 3.79. The van der Waals surface area contributed by atoms with Crippen molar-refractivity contribution < 1.29 is 18.0 Å². The van der Waals surface area contributed by atoms with Gasteiger partial charge in [-0.3, -0.25) is 4.90 Å². The first-order valence-electron chi connectivity index (χ1n) is 7.24. The molecule has 0 aromatic heterocycles. The van der Waals surface area contributed by atoms with Gasteiger partial charge in [-0.15, -0.1) is 0 Å². The van der Waals surface area contributed by atoms with Crippen LogP contribution in [-0.4, -0.2) is 42.8 Å². The number of benzene rings is 1. The Hall–Kier alpha value is -1.76. The average molecular weight is 315 g/mol. The van der Waals surface area contributed by atoms with Crippen LogP contribution in [0.1, 0.15) is 18.1 Å². The first-order valence-corrected chi connectivity index (χ1v) is 7.24. The highest BCUT2D eigenvalue weighted by molar-refractivity contribution is 5.73. The number of carbonyl (C=O) groups is 1. The normalized spacial score (nSPS) is 16.7. The predicted octanol–water partition coefficient (Wildman–Crippen LogP) is 2.29. The van der Waals surface area contributed by atoms with Crippen LogP contribution in [0.15, 0.2) is 24.3 Å². The predicted molar refractivity (Wildman–Crippen MR) is 77.5 cm³/mol. The molecule has 1 atom stereocenters. The minimum absolute atomic E-state index is 0.0602. The molecule has 0 saturated heterocycles. The number of urea groups is 1. The van der Waals surface area contributed by atoms with Crippen molar-refractivity contribution >= 4 is 6.03 Å². The van der Waals surface area contributed by atoms with Crippen LogP contribution in [0, 0.1) is 0 Å². The van der Waals surface area contributed by atoms with E-state index in [0.29, 0.717) is 6.54 Å². The van der Waals surface area contributed by atoms with E-state index in [4.69, 9.17) is 0 Å². The molecule has 2 N–H and O–H groups in total. The molecule has 2 rings (SSSR count). The molecule has 0 saturated carbocycles. The van der Waals surface area contributed by atoms with E-state index >= 15 is 0 Å². The molecule has 0 radical (unpaired) electrons. The molecular weight excluding hydrogens is 295 g/mol. The highest BCUT2D eigenvalue weighted by Gasteiger charge is 2.28. The third kappa shape index (κ3) is 4.91. The van der Waals surface area contributed by atoms with Crippen LogP contribution in [0.2, 0.25) is 0 Å². The fourth-order valence-electron chi connectivity index (χ4n) is 2.51. The number of halogens is 3. The Morgan fingerprint density at radius 3 is 2.64 bits per heavy atom. The molecule has 2 amide bonds. The molecule has 0 unspecified atom stereocenters. The Labute approximate surface area is 127 Å². The minimum atomic E-state index is -4.39. The van der Waals surface area contributed by atoms with Gasteiger partial charge >= 0.3 is 12.2 Å². The molecule has 1 aromatic carbocycles. The molecule has 0 aliphatic carbocycles. The summed E-state index contributed by atoms with van der Waals surface area (Å²) in [5, 5.41) is 4.29. The molecule has 0 bridgehead atoms. The van der Waals surface area contributed by atoms with E-state index in [1.165, 1.54) is 11.1 Å². The smallest absolute Gasteiger partial charge is 0.337 e. The van der Waals surface area contributed by atoms with Crippen molar-refractivity contribution in [2.45, 2.75) is 32.1 Å². The topological polar surface area (TPSA) is 44.4 Å². The number of hydrogen-bond acceptors (Lipinski definition) is 2. The summed E-state index contributed by atoms with van der Waals surface area (Å²) in [5.74, 6) is 0. The molecule has 1 heterocycles.